The molecule has 2 aromatic rings. The standard InChI is InChI=1S/C14H19N3S/c1-9-6-10(2)8-11(7-9)17-13-12(16-14(17)18)4-3-5-15-13/h3-5,9-11H,6-8H2,1-2H3,(H,16,18). The van der Waals surface area contributed by atoms with Crippen molar-refractivity contribution in [1.29, 1.82) is 0 Å². The van der Waals surface area contributed by atoms with Gasteiger partial charge >= 0.3 is 0 Å². The van der Waals surface area contributed by atoms with Gasteiger partial charge in [-0.25, -0.2) is 4.98 Å². The number of aromatic nitrogens is 3. The summed E-state index contributed by atoms with van der Waals surface area (Å²) >= 11 is 5.48. The van der Waals surface area contributed by atoms with Crippen molar-refractivity contribution in [2.75, 3.05) is 0 Å². The van der Waals surface area contributed by atoms with E-state index in [9.17, 15) is 0 Å². The first-order valence-corrected chi connectivity index (χ1v) is 7.11. The van der Waals surface area contributed by atoms with Crippen molar-refractivity contribution in [2.45, 2.75) is 39.2 Å². The Balaban J connectivity index is 2.08. The summed E-state index contributed by atoms with van der Waals surface area (Å²) < 4.78 is 3.05. The molecule has 2 heterocycles. The maximum Gasteiger partial charge on any atom is 0.179 e. The van der Waals surface area contributed by atoms with Crippen LogP contribution in [0.15, 0.2) is 18.3 Å². The van der Waals surface area contributed by atoms with E-state index in [1.165, 1.54) is 19.3 Å². The molecule has 4 heteroatoms. The lowest BCUT2D eigenvalue weighted by molar-refractivity contribution is 0.223. The summed E-state index contributed by atoms with van der Waals surface area (Å²) in [5.41, 5.74) is 2.06. The molecule has 2 unspecified atom stereocenters. The van der Waals surface area contributed by atoms with Crippen LogP contribution in [0.3, 0.4) is 0 Å². The molecule has 0 spiro atoms. The third kappa shape index (κ3) is 1.99. The van der Waals surface area contributed by atoms with Crippen molar-refractivity contribution in [1.82, 2.24) is 14.5 Å². The summed E-state index contributed by atoms with van der Waals surface area (Å²) in [5, 5.41) is 0. The van der Waals surface area contributed by atoms with Crippen LogP contribution in [0, 0.1) is 16.6 Å². The number of imidazole rings is 1. The van der Waals surface area contributed by atoms with Crippen LogP contribution in [-0.2, 0) is 0 Å². The van der Waals surface area contributed by atoms with Crippen LogP contribution in [0.4, 0.5) is 0 Å². The Labute approximate surface area is 112 Å². The molecular formula is C14H19N3S. The number of nitrogens with zero attached hydrogens (tertiary/aromatic N) is 2. The monoisotopic (exact) mass is 261 g/mol. The maximum atomic E-state index is 5.48. The molecule has 96 valence electrons. The van der Waals surface area contributed by atoms with E-state index >= 15 is 0 Å². The second kappa shape index (κ2) is 4.50. The van der Waals surface area contributed by atoms with E-state index in [4.69, 9.17) is 12.2 Å². The number of aromatic amines is 1. The minimum absolute atomic E-state index is 0.500. The predicted octanol–water partition coefficient (Wildman–Crippen LogP) is 4.09. The van der Waals surface area contributed by atoms with Crippen molar-refractivity contribution in [3.05, 3.63) is 23.1 Å². The Kier molecular flexibility index (Phi) is 2.98. The molecule has 2 atom stereocenters. The Bertz CT molecular complexity index is 603. The van der Waals surface area contributed by atoms with E-state index in [-0.39, 0.29) is 0 Å². The fraction of sp³-hybridized carbons (Fsp3) is 0.571. The van der Waals surface area contributed by atoms with Gasteiger partial charge in [0.15, 0.2) is 10.4 Å². The summed E-state index contributed by atoms with van der Waals surface area (Å²) in [6, 6.07) is 4.49. The lowest BCUT2D eigenvalue weighted by Crippen LogP contribution is -2.22. The molecule has 1 aliphatic rings. The minimum Gasteiger partial charge on any atom is -0.329 e. The fourth-order valence-corrected chi connectivity index (χ4v) is 3.76. The molecule has 3 rings (SSSR count). The maximum absolute atomic E-state index is 5.48. The zero-order chi connectivity index (χ0) is 12.7. The highest BCUT2D eigenvalue weighted by Gasteiger charge is 2.26. The van der Waals surface area contributed by atoms with Crippen molar-refractivity contribution < 1.29 is 0 Å². The van der Waals surface area contributed by atoms with Crippen LogP contribution in [0.25, 0.3) is 11.2 Å². The lowest BCUT2D eigenvalue weighted by Gasteiger charge is -2.32. The molecule has 1 fully saturated rings. The van der Waals surface area contributed by atoms with Crippen LogP contribution < -0.4 is 0 Å². The van der Waals surface area contributed by atoms with Gasteiger partial charge in [-0.05, 0) is 55.4 Å². The first kappa shape index (κ1) is 11.9. The zero-order valence-corrected chi connectivity index (χ0v) is 11.7. The van der Waals surface area contributed by atoms with Gasteiger partial charge in [-0.1, -0.05) is 13.8 Å². The zero-order valence-electron chi connectivity index (χ0n) is 10.9. The lowest BCUT2D eigenvalue weighted by atomic mass is 9.80. The average Bonchev–Trinajstić information content (AvgIpc) is 2.63. The number of fused-ring (bicyclic) bond motifs is 1. The highest BCUT2D eigenvalue weighted by atomic mass is 32.1. The van der Waals surface area contributed by atoms with Crippen LogP contribution in [0.2, 0.25) is 0 Å². The summed E-state index contributed by atoms with van der Waals surface area (Å²) in [4.78, 5) is 7.76. The van der Waals surface area contributed by atoms with Crippen molar-refractivity contribution in [3.63, 3.8) is 0 Å². The van der Waals surface area contributed by atoms with Crippen LogP contribution in [-0.4, -0.2) is 14.5 Å². The first-order chi connectivity index (χ1) is 8.65. The number of H-pyrrole nitrogens is 1. The van der Waals surface area contributed by atoms with Gasteiger partial charge in [-0.2, -0.15) is 0 Å². The third-order valence-corrected chi connectivity index (χ3v) is 4.29. The highest BCUT2D eigenvalue weighted by Crippen LogP contribution is 2.37. The van der Waals surface area contributed by atoms with E-state index in [1.54, 1.807) is 0 Å². The van der Waals surface area contributed by atoms with Gasteiger partial charge in [0.2, 0.25) is 0 Å². The molecule has 1 aliphatic carbocycles. The summed E-state index contributed by atoms with van der Waals surface area (Å²) in [6.07, 6.45) is 5.60. The number of hydrogen-bond acceptors (Lipinski definition) is 2. The van der Waals surface area contributed by atoms with Gasteiger partial charge < -0.3 is 4.98 Å². The second-order valence-corrected chi connectivity index (χ2v) is 6.13. The van der Waals surface area contributed by atoms with Gasteiger partial charge in [0.1, 0.15) is 0 Å². The Morgan fingerprint density at radius 3 is 2.72 bits per heavy atom. The van der Waals surface area contributed by atoms with Crippen molar-refractivity contribution in [2.24, 2.45) is 11.8 Å². The Morgan fingerprint density at radius 2 is 2.00 bits per heavy atom. The van der Waals surface area contributed by atoms with E-state index in [2.05, 4.69) is 28.4 Å². The molecule has 0 aromatic carbocycles. The highest BCUT2D eigenvalue weighted by molar-refractivity contribution is 7.71. The van der Waals surface area contributed by atoms with E-state index in [1.807, 2.05) is 18.3 Å². The Morgan fingerprint density at radius 1 is 1.28 bits per heavy atom. The largest absolute Gasteiger partial charge is 0.329 e. The molecule has 2 aromatic heterocycles. The van der Waals surface area contributed by atoms with Crippen molar-refractivity contribution in [3.8, 4) is 0 Å². The molecular weight excluding hydrogens is 242 g/mol. The van der Waals surface area contributed by atoms with Gasteiger partial charge in [-0.3, -0.25) is 4.57 Å². The second-order valence-electron chi connectivity index (χ2n) is 5.75. The first-order valence-electron chi connectivity index (χ1n) is 6.70. The van der Waals surface area contributed by atoms with Crippen LogP contribution in [0.1, 0.15) is 39.2 Å². The normalized spacial score (nSPS) is 28.7. The average molecular weight is 261 g/mol. The van der Waals surface area contributed by atoms with Crippen molar-refractivity contribution >= 4 is 23.4 Å². The summed E-state index contributed by atoms with van der Waals surface area (Å²) in [7, 11) is 0. The predicted molar refractivity (Wildman–Crippen MR) is 76.1 cm³/mol. The minimum atomic E-state index is 0.500. The van der Waals surface area contributed by atoms with E-state index < -0.39 is 0 Å². The SMILES string of the molecule is CC1CC(C)CC(n2c(=S)[nH]c3cccnc32)C1. The molecule has 3 nitrogen and oxygen atoms in total. The summed E-state index contributed by atoms with van der Waals surface area (Å²) in [5.74, 6) is 1.55. The number of hydrogen-bond donors (Lipinski definition) is 1. The van der Waals surface area contributed by atoms with Crippen LogP contribution in [0.5, 0.6) is 0 Å². The topological polar surface area (TPSA) is 33.6 Å². The van der Waals surface area contributed by atoms with Gasteiger partial charge in [0.25, 0.3) is 0 Å². The van der Waals surface area contributed by atoms with Gasteiger partial charge in [0.05, 0.1) is 5.52 Å². The van der Waals surface area contributed by atoms with E-state index in [0.29, 0.717) is 6.04 Å². The molecule has 0 bridgehead atoms. The van der Waals surface area contributed by atoms with E-state index in [0.717, 1.165) is 27.8 Å². The molecule has 1 saturated carbocycles. The molecule has 0 saturated heterocycles. The smallest absolute Gasteiger partial charge is 0.179 e. The molecule has 0 amide bonds. The van der Waals surface area contributed by atoms with Gasteiger partial charge in [-0.15, -0.1) is 0 Å². The molecule has 1 N–H and O–H groups in total. The van der Waals surface area contributed by atoms with Gasteiger partial charge in [0, 0.05) is 12.2 Å². The van der Waals surface area contributed by atoms with Crippen LogP contribution >= 0.6 is 12.2 Å². The number of pyridine rings is 1. The fourth-order valence-electron chi connectivity index (χ4n) is 3.41. The number of nitrogens with one attached hydrogen (secondary N) is 1. The number of rotatable bonds is 1. The molecule has 0 aliphatic heterocycles. The Hall–Kier alpha value is -1.16. The third-order valence-electron chi connectivity index (χ3n) is 3.99. The summed E-state index contributed by atoms with van der Waals surface area (Å²) in [6.45, 7) is 4.68. The molecule has 0 radical (unpaired) electrons. The molecule has 18 heavy (non-hydrogen) atoms. The quantitative estimate of drug-likeness (QED) is 0.784.